The van der Waals surface area contributed by atoms with Gasteiger partial charge in [0.15, 0.2) is 0 Å². The number of hydrogen-bond donors (Lipinski definition) is 0. The molecule has 1 heterocycles. The minimum atomic E-state index is 0.330. The number of imidazole rings is 1. The molecule has 0 spiro atoms. The van der Waals surface area contributed by atoms with Crippen LogP contribution in [0.15, 0.2) is 36.9 Å². The van der Waals surface area contributed by atoms with Gasteiger partial charge >= 0.3 is 0 Å². The van der Waals surface area contributed by atoms with Crippen LogP contribution in [0.1, 0.15) is 63.4 Å². The van der Waals surface area contributed by atoms with Gasteiger partial charge in [0.1, 0.15) is 0 Å². The van der Waals surface area contributed by atoms with Crippen molar-refractivity contribution in [1.29, 1.82) is 0 Å². The number of nitrogens with zero attached hydrogens (tertiary/aromatic N) is 2. The second-order valence-corrected chi connectivity index (χ2v) is 6.96. The highest BCUT2D eigenvalue weighted by atomic mass is 35.5. The van der Waals surface area contributed by atoms with Gasteiger partial charge in [0.05, 0.1) is 6.33 Å². The molecule has 0 bridgehead atoms. The summed E-state index contributed by atoms with van der Waals surface area (Å²) in [7, 11) is 0. The molecular weight excluding hydrogens is 327 g/mol. The predicted molar refractivity (Wildman–Crippen MR) is 99.4 cm³/mol. The van der Waals surface area contributed by atoms with Crippen LogP contribution in [0.5, 0.6) is 0 Å². The second-order valence-electron chi connectivity index (χ2n) is 6.15. The molecule has 1 atom stereocenters. The average molecular weight is 353 g/mol. The smallest absolute Gasteiger partial charge is 0.0946 e. The Bertz CT molecular complexity index is 547. The SMILES string of the molecule is CCCCCCCCC(Cn1ccnc1)c1c(Cl)cccc1Cl. The van der Waals surface area contributed by atoms with Gasteiger partial charge in [0, 0.05) is 34.9 Å². The van der Waals surface area contributed by atoms with Gasteiger partial charge in [-0.1, -0.05) is 74.7 Å². The molecule has 0 radical (unpaired) electrons. The Morgan fingerprint density at radius 1 is 1.04 bits per heavy atom. The zero-order valence-electron chi connectivity index (χ0n) is 13.8. The van der Waals surface area contributed by atoms with Crippen molar-refractivity contribution in [3.05, 3.63) is 52.5 Å². The summed E-state index contributed by atoms with van der Waals surface area (Å²) in [5, 5.41) is 1.54. The Morgan fingerprint density at radius 3 is 2.39 bits per heavy atom. The van der Waals surface area contributed by atoms with Crippen LogP contribution < -0.4 is 0 Å². The highest BCUT2D eigenvalue weighted by Crippen LogP contribution is 2.35. The maximum absolute atomic E-state index is 6.44. The van der Waals surface area contributed by atoms with E-state index in [9.17, 15) is 0 Å². The molecule has 4 heteroatoms. The maximum Gasteiger partial charge on any atom is 0.0946 e. The Kier molecular flexibility index (Phi) is 7.98. The van der Waals surface area contributed by atoms with E-state index in [-0.39, 0.29) is 0 Å². The van der Waals surface area contributed by atoms with Gasteiger partial charge in [-0.05, 0) is 24.1 Å². The summed E-state index contributed by atoms with van der Waals surface area (Å²) in [6, 6.07) is 5.78. The van der Waals surface area contributed by atoms with Crippen molar-refractivity contribution < 1.29 is 0 Å². The fraction of sp³-hybridized carbons (Fsp3) is 0.526. The Morgan fingerprint density at radius 2 is 1.74 bits per heavy atom. The first kappa shape index (κ1) is 18.4. The maximum atomic E-state index is 6.44. The van der Waals surface area contributed by atoms with Gasteiger partial charge in [0.2, 0.25) is 0 Å². The first-order chi connectivity index (χ1) is 11.2. The lowest BCUT2D eigenvalue weighted by Crippen LogP contribution is -2.09. The van der Waals surface area contributed by atoms with Crippen molar-refractivity contribution in [2.24, 2.45) is 0 Å². The molecule has 1 unspecified atom stereocenters. The van der Waals surface area contributed by atoms with Gasteiger partial charge in [-0.15, -0.1) is 0 Å². The van der Waals surface area contributed by atoms with Crippen LogP contribution in [0.2, 0.25) is 10.0 Å². The van der Waals surface area contributed by atoms with Crippen molar-refractivity contribution in [3.63, 3.8) is 0 Å². The van der Waals surface area contributed by atoms with Crippen LogP contribution in [0.4, 0.5) is 0 Å². The molecule has 0 saturated carbocycles. The summed E-state index contributed by atoms with van der Waals surface area (Å²) in [5.74, 6) is 0.330. The van der Waals surface area contributed by atoms with Crippen LogP contribution in [0, 0.1) is 0 Å². The Balaban J connectivity index is 2.00. The number of benzene rings is 1. The van der Waals surface area contributed by atoms with E-state index >= 15 is 0 Å². The molecule has 2 rings (SSSR count). The van der Waals surface area contributed by atoms with E-state index in [1.54, 1.807) is 0 Å². The van der Waals surface area contributed by atoms with Crippen molar-refractivity contribution in [1.82, 2.24) is 9.55 Å². The van der Waals surface area contributed by atoms with E-state index < -0.39 is 0 Å². The normalized spacial score (nSPS) is 12.5. The fourth-order valence-corrected chi connectivity index (χ4v) is 3.75. The molecule has 0 saturated heterocycles. The minimum Gasteiger partial charge on any atom is -0.337 e. The van der Waals surface area contributed by atoms with E-state index in [4.69, 9.17) is 23.2 Å². The van der Waals surface area contributed by atoms with Gasteiger partial charge in [-0.3, -0.25) is 0 Å². The third-order valence-corrected chi connectivity index (χ3v) is 4.96. The molecule has 0 N–H and O–H groups in total. The number of rotatable bonds is 10. The molecule has 0 aliphatic carbocycles. The van der Waals surface area contributed by atoms with E-state index in [0.717, 1.165) is 28.6 Å². The molecular formula is C19H26Cl2N2. The van der Waals surface area contributed by atoms with E-state index in [1.165, 1.54) is 38.5 Å². The van der Waals surface area contributed by atoms with Crippen molar-refractivity contribution in [2.45, 2.75) is 64.3 Å². The predicted octanol–water partition coefficient (Wildman–Crippen LogP) is 6.72. The van der Waals surface area contributed by atoms with Crippen LogP contribution >= 0.6 is 23.2 Å². The molecule has 1 aromatic carbocycles. The van der Waals surface area contributed by atoms with Crippen molar-refractivity contribution in [2.75, 3.05) is 0 Å². The van der Waals surface area contributed by atoms with Gasteiger partial charge < -0.3 is 4.57 Å². The van der Waals surface area contributed by atoms with Crippen LogP contribution in [-0.2, 0) is 6.54 Å². The summed E-state index contributed by atoms with van der Waals surface area (Å²) < 4.78 is 2.11. The van der Waals surface area contributed by atoms with Gasteiger partial charge in [-0.2, -0.15) is 0 Å². The molecule has 23 heavy (non-hydrogen) atoms. The summed E-state index contributed by atoms with van der Waals surface area (Å²) in [6.45, 7) is 3.12. The number of hydrogen-bond acceptors (Lipinski definition) is 1. The monoisotopic (exact) mass is 352 g/mol. The third-order valence-electron chi connectivity index (χ3n) is 4.30. The standard InChI is InChI=1S/C19H26Cl2N2/c1-2-3-4-5-6-7-9-16(14-23-13-12-22-15-23)19-17(20)10-8-11-18(19)21/h8,10-13,15-16H,2-7,9,14H2,1H3. The Labute approximate surface area is 149 Å². The molecule has 1 aromatic heterocycles. The van der Waals surface area contributed by atoms with E-state index in [0.29, 0.717) is 5.92 Å². The first-order valence-corrected chi connectivity index (χ1v) is 9.37. The van der Waals surface area contributed by atoms with Crippen LogP contribution in [-0.4, -0.2) is 9.55 Å². The summed E-state index contributed by atoms with van der Waals surface area (Å²) in [5.41, 5.74) is 1.08. The van der Waals surface area contributed by atoms with Crippen LogP contribution in [0.25, 0.3) is 0 Å². The van der Waals surface area contributed by atoms with E-state index in [1.807, 2.05) is 36.9 Å². The molecule has 0 fully saturated rings. The molecule has 0 aliphatic heterocycles. The zero-order chi connectivity index (χ0) is 16.5. The number of aromatic nitrogens is 2. The van der Waals surface area contributed by atoms with Gasteiger partial charge in [0.25, 0.3) is 0 Å². The molecule has 2 nitrogen and oxygen atoms in total. The van der Waals surface area contributed by atoms with Crippen molar-refractivity contribution >= 4 is 23.2 Å². The summed E-state index contributed by atoms with van der Waals surface area (Å²) in [6.07, 6.45) is 14.6. The lowest BCUT2D eigenvalue weighted by Gasteiger charge is -2.20. The average Bonchev–Trinajstić information content (AvgIpc) is 3.03. The molecule has 2 aromatic rings. The van der Waals surface area contributed by atoms with Crippen molar-refractivity contribution in [3.8, 4) is 0 Å². The second kappa shape index (κ2) is 10.00. The summed E-state index contributed by atoms with van der Waals surface area (Å²) >= 11 is 12.9. The topological polar surface area (TPSA) is 17.8 Å². The zero-order valence-corrected chi connectivity index (χ0v) is 15.4. The summed E-state index contributed by atoms with van der Waals surface area (Å²) in [4.78, 5) is 4.14. The fourth-order valence-electron chi connectivity index (χ4n) is 3.05. The van der Waals surface area contributed by atoms with E-state index in [2.05, 4.69) is 16.5 Å². The Hall–Kier alpha value is -0.990. The number of unbranched alkanes of at least 4 members (excludes halogenated alkanes) is 5. The largest absolute Gasteiger partial charge is 0.337 e. The molecule has 126 valence electrons. The first-order valence-electron chi connectivity index (χ1n) is 8.62. The van der Waals surface area contributed by atoms with Gasteiger partial charge in [-0.25, -0.2) is 4.98 Å². The number of halogens is 2. The minimum absolute atomic E-state index is 0.330. The molecule has 0 amide bonds. The lowest BCUT2D eigenvalue weighted by molar-refractivity contribution is 0.486. The highest BCUT2D eigenvalue weighted by Gasteiger charge is 2.18. The third kappa shape index (κ3) is 5.86. The lowest BCUT2D eigenvalue weighted by atomic mass is 9.92. The highest BCUT2D eigenvalue weighted by molar-refractivity contribution is 6.36. The molecule has 0 aliphatic rings. The van der Waals surface area contributed by atoms with Crippen LogP contribution in [0.3, 0.4) is 0 Å². The quantitative estimate of drug-likeness (QED) is 0.433.